The van der Waals surface area contributed by atoms with Gasteiger partial charge >= 0.3 is 0 Å². The van der Waals surface area contributed by atoms with Gasteiger partial charge in [0.25, 0.3) is 0 Å². The lowest BCUT2D eigenvalue weighted by Crippen LogP contribution is -2.47. The minimum atomic E-state index is -0.557. The van der Waals surface area contributed by atoms with Crippen LogP contribution in [-0.4, -0.2) is 42.7 Å². The van der Waals surface area contributed by atoms with Crippen LogP contribution in [0.25, 0.3) is 0 Å². The molecule has 2 bridgehead atoms. The van der Waals surface area contributed by atoms with Crippen molar-refractivity contribution < 1.29 is 10.6 Å². The first-order chi connectivity index (χ1) is 11.5. The minimum absolute atomic E-state index is 0. The van der Waals surface area contributed by atoms with Crippen molar-refractivity contribution in [3.8, 4) is 0 Å². The summed E-state index contributed by atoms with van der Waals surface area (Å²) in [6, 6.07) is 0.931. The molecule has 1 N–H and O–H groups in total. The van der Waals surface area contributed by atoms with Gasteiger partial charge in [0.05, 0.1) is 0 Å². The van der Waals surface area contributed by atoms with E-state index in [1.807, 2.05) is 0 Å². The molecule has 24 heavy (non-hydrogen) atoms. The van der Waals surface area contributed by atoms with Gasteiger partial charge in [0.15, 0.2) is 0 Å². The number of hydrogen-bond acceptors (Lipinski definition) is 2. The topological polar surface area (TPSA) is 32.3 Å². The van der Waals surface area contributed by atoms with Gasteiger partial charge in [-0.05, 0) is 56.9 Å². The van der Waals surface area contributed by atoms with Gasteiger partial charge in [0, 0.05) is 26.5 Å². The van der Waals surface area contributed by atoms with E-state index < -0.39 is 6.17 Å². The van der Waals surface area contributed by atoms with Crippen LogP contribution < -0.4 is 5.32 Å². The van der Waals surface area contributed by atoms with Gasteiger partial charge in [-0.1, -0.05) is 33.6 Å². The molecule has 142 valence electrons. The number of alkyl halides is 1. The lowest BCUT2D eigenvalue weighted by Gasteiger charge is -2.38. The van der Waals surface area contributed by atoms with Crippen LogP contribution in [0.5, 0.6) is 0 Å². The third-order valence-corrected chi connectivity index (χ3v) is 6.78. The maximum absolute atomic E-state index is 13.7. The molecule has 0 radical (unpaired) electrons. The fourth-order valence-electron chi connectivity index (χ4n) is 4.72. The van der Waals surface area contributed by atoms with Gasteiger partial charge in [0.1, 0.15) is 6.17 Å². The van der Waals surface area contributed by atoms with Crippen molar-refractivity contribution >= 4 is 5.91 Å². The molecular weight excluding hydrogens is 303 g/mol. The maximum Gasteiger partial charge on any atom is 0.220 e. The summed E-state index contributed by atoms with van der Waals surface area (Å²) >= 11 is 0. The number of nitrogens with one attached hydrogen (secondary N) is 1. The molecule has 3 aliphatic heterocycles. The molecular formula is C20H39FN2O. The number of nitrogens with zero attached hydrogens (tertiary/aromatic N) is 1. The molecule has 0 aromatic carbocycles. The first-order valence-corrected chi connectivity index (χ1v) is 10.1. The molecule has 3 fully saturated rings. The van der Waals surface area contributed by atoms with Gasteiger partial charge < -0.3 is 5.32 Å². The number of piperidine rings is 1. The van der Waals surface area contributed by atoms with Crippen molar-refractivity contribution in [3.63, 3.8) is 0 Å². The van der Waals surface area contributed by atoms with Crippen molar-refractivity contribution in [1.82, 2.24) is 10.2 Å². The van der Waals surface area contributed by atoms with E-state index in [0.717, 1.165) is 38.6 Å². The van der Waals surface area contributed by atoms with Crippen LogP contribution in [0.15, 0.2) is 0 Å². The molecule has 6 atom stereocenters. The van der Waals surface area contributed by atoms with E-state index in [2.05, 4.69) is 38.0 Å². The van der Waals surface area contributed by atoms with E-state index in [-0.39, 0.29) is 13.4 Å². The third-order valence-electron chi connectivity index (χ3n) is 6.78. The summed E-state index contributed by atoms with van der Waals surface area (Å²) < 4.78 is 13.7. The van der Waals surface area contributed by atoms with Gasteiger partial charge in [-0.2, -0.15) is 0 Å². The number of amides is 1. The monoisotopic (exact) mass is 342 g/mol. The van der Waals surface area contributed by atoms with E-state index >= 15 is 0 Å². The summed E-state index contributed by atoms with van der Waals surface area (Å²) in [5, 5.41) is 2.91. The van der Waals surface area contributed by atoms with Crippen LogP contribution in [-0.2, 0) is 4.79 Å². The second-order valence-corrected chi connectivity index (χ2v) is 8.15. The molecule has 0 aromatic rings. The summed E-state index contributed by atoms with van der Waals surface area (Å²) in [6.07, 6.45) is 8.16. The number of carbonyl (C=O) groups excluding carboxylic acids is 1. The zero-order valence-corrected chi connectivity index (χ0v) is 16.1. The van der Waals surface area contributed by atoms with Crippen molar-refractivity contribution in [2.24, 2.45) is 17.8 Å². The Morgan fingerprint density at radius 2 is 2.08 bits per heavy atom. The molecule has 0 spiro atoms. The molecule has 3 saturated heterocycles. The first-order valence-electron chi connectivity index (χ1n) is 10.1. The number of rotatable bonds is 3. The van der Waals surface area contributed by atoms with Crippen LogP contribution in [0, 0.1) is 17.8 Å². The number of hydrogen-bond donors (Lipinski definition) is 1. The van der Waals surface area contributed by atoms with Crippen LogP contribution >= 0.6 is 0 Å². The Balaban J connectivity index is 0.000000240. The summed E-state index contributed by atoms with van der Waals surface area (Å²) in [4.78, 5) is 13.5. The minimum Gasteiger partial charge on any atom is -0.356 e. The normalized spacial score (nSPS) is 37.9. The molecule has 4 heteroatoms. The SMILES string of the molecule is CCC(C)C1CCCNC(=O)C1.CC[C@H]1C[C@@H]2CCC(C1F)N2C.[HH]. The smallest absolute Gasteiger partial charge is 0.220 e. The van der Waals surface area contributed by atoms with Crippen molar-refractivity contribution in [2.45, 2.75) is 90.4 Å². The molecule has 3 aliphatic rings. The average Bonchev–Trinajstić information content (AvgIpc) is 2.74. The second kappa shape index (κ2) is 9.17. The van der Waals surface area contributed by atoms with E-state index in [4.69, 9.17) is 0 Å². The van der Waals surface area contributed by atoms with Crippen molar-refractivity contribution in [1.29, 1.82) is 0 Å². The lowest BCUT2D eigenvalue weighted by atomic mass is 9.86. The fourth-order valence-corrected chi connectivity index (χ4v) is 4.72. The highest BCUT2D eigenvalue weighted by Gasteiger charge is 2.44. The van der Waals surface area contributed by atoms with Crippen molar-refractivity contribution in [2.75, 3.05) is 13.6 Å². The van der Waals surface area contributed by atoms with Crippen LogP contribution in [0.3, 0.4) is 0 Å². The predicted octanol–water partition coefficient (Wildman–Crippen LogP) is 4.41. The standard InChI is InChI=1S/C10H18FN.C10H19NO.H2/c1-3-7-6-8-4-5-9(10(7)11)12(8)2;1-3-8(2)9-5-4-6-11-10(12)7-9;/h7-10H,3-6H2,1-2H3;8-9H,3-7H2,1-2H3,(H,11,12);1H/t7-,8-,9?,10?;;/m0../s1. The van der Waals surface area contributed by atoms with Gasteiger partial charge in [0.2, 0.25) is 5.91 Å². The molecule has 3 nitrogen and oxygen atoms in total. The third kappa shape index (κ3) is 4.71. The Kier molecular flexibility index (Phi) is 7.52. The molecule has 3 rings (SSSR count). The summed E-state index contributed by atoms with van der Waals surface area (Å²) in [7, 11) is 2.08. The summed E-state index contributed by atoms with van der Waals surface area (Å²) in [5.74, 6) is 1.92. The Morgan fingerprint density at radius 3 is 2.75 bits per heavy atom. The zero-order chi connectivity index (χ0) is 17.7. The van der Waals surface area contributed by atoms with E-state index in [1.54, 1.807) is 0 Å². The molecule has 4 unspecified atom stereocenters. The average molecular weight is 343 g/mol. The van der Waals surface area contributed by atoms with Crippen molar-refractivity contribution in [3.05, 3.63) is 0 Å². The Bertz CT molecular complexity index is 409. The maximum atomic E-state index is 13.7. The summed E-state index contributed by atoms with van der Waals surface area (Å²) in [5.41, 5.74) is 0. The Hall–Kier alpha value is -0.640. The molecule has 3 heterocycles. The highest BCUT2D eigenvalue weighted by molar-refractivity contribution is 5.76. The van der Waals surface area contributed by atoms with Crippen LogP contribution in [0.1, 0.15) is 73.6 Å². The quantitative estimate of drug-likeness (QED) is 0.824. The predicted molar refractivity (Wildman–Crippen MR) is 99.8 cm³/mol. The van der Waals surface area contributed by atoms with E-state index in [9.17, 15) is 9.18 Å². The van der Waals surface area contributed by atoms with E-state index in [0.29, 0.717) is 23.8 Å². The Morgan fingerprint density at radius 1 is 1.33 bits per heavy atom. The molecule has 0 saturated carbocycles. The number of fused-ring (bicyclic) bond motifs is 2. The largest absolute Gasteiger partial charge is 0.356 e. The second-order valence-electron chi connectivity index (χ2n) is 8.15. The molecule has 1 amide bonds. The number of halogens is 1. The first kappa shape index (κ1) is 19.7. The fraction of sp³-hybridized carbons (Fsp3) is 0.950. The van der Waals surface area contributed by atoms with Gasteiger partial charge in [-0.15, -0.1) is 0 Å². The summed E-state index contributed by atoms with van der Waals surface area (Å²) in [6.45, 7) is 7.45. The highest BCUT2D eigenvalue weighted by Crippen LogP contribution is 2.40. The molecule has 0 aliphatic carbocycles. The van der Waals surface area contributed by atoms with Gasteiger partial charge in [-0.25, -0.2) is 4.39 Å². The van der Waals surface area contributed by atoms with Crippen LogP contribution in [0.4, 0.5) is 4.39 Å². The van der Waals surface area contributed by atoms with Crippen LogP contribution in [0.2, 0.25) is 0 Å². The van der Waals surface area contributed by atoms with E-state index in [1.165, 1.54) is 19.3 Å². The zero-order valence-electron chi connectivity index (χ0n) is 16.1. The lowest BCUT2D eigenvalue weighted by molar-refractivity contribution is -0.121. The highest BCUT2D eigenvalue weighted by atomic mass is 19.1. The van der Waals surface area contributed by atoms with Gasteiger partial charge in [-0.3, -0.25) is 9.69 Å². The Labute approximate surface area is 149 Å². The number of carbonyl (C=O) groups is 1. The molecule has 0 aromatic heterocycles.